The summed E-state index contributed by atoms with van der Waals surface area (Å²) in [5.41, 5.74) is 0. The summed E-state index contributed by atoms with van der Waals surface area (Å²) in [6.07, 6.45) is 5.59. The predicted octanol–water partition coefficient (Wildman–Crippen LogP) is 1.54. The van der Waals surface area contributed by atoms with Gasteiger partial charge in [-0.05, 0) is 46.7 Å². The van der Waals surface area contributed by atoms with Crippen molar-refractivity contribution in [3.8, 4) is 0 Å². The molecule has 0 spiro atoms. The van der Waals surface area contributed by atoms with Gasteiger partial charge >= 0.3 is 0 Å². The van der Waals surface area contributed by atoms with Crippen LogP contribution in [0.5, 0.6) is 0 Å². The van der Waals surface area contributed by atoms with E-state index in [1.54, 1.807) is 0 Å². The van der Waals surface area contributed by atoms with Crippen molar-refractivity contribution in [1.82, 2.24) is 15.1 Å². The van der Waals surface area contributed by atoms with Gasteiger partial charge in [0.15, 0.2) is 0 Å². The molecule has 0 aliphatic carbocycles. The van der Waals surface area contributed by atoms with Gasteiger partial charge < -0.3 is 10.2 Å². The van der Waals surface area contributed by atoms with Crippen LogP contribution in [0.25, 0.3) is 0 Å². The number of nitrogens with zero attached hydrogens (tertiary/aromatic N) is 2. The Hall–Kier alpha value is -0.120. The number of piperidine rings is 1. The highest BCUT2D eigenvalue weighted by atomic mass is 15.2. The van der Waals surface area contributed by atoms with Gasteiger partial charge in [-0.15, -0.1) is 0 Å². The highest BCUT2D eigenvalue weighted by molar-refractivity contribution is 4.83. The van der Waals surface area contributed by atoms with Gasteiger partial charge in [0.1, 0.15) is 0 Å². The average molecular weight is 239 g/mol. The fourth-order valence-corrected chi connectivity index (χ4v) is 3.23. The first kappa shape index (κ1) is 13.3. The molecule has 1 N–H and O–H groups in total. The van der Waals surface area contributed by atoms with Crippen LogP contribution in [0.1, 0.15) is 39.5 Å². The number of rotatable bonds is 3. The molecule has 0 aromatic rings. The van der Waals surface area contributed by atoms with Crippen molar-refractivity contribution in [1.29, 1.82) is 0 Å². The van der Waals surface area contributed by atoms with Crippen LogP contribution >= 0.6 is 0 Å². The standard InChI is InChI=1S/C14H29N3/c1-12-11-17(13(2)10-15-12)9-7-14-6-4-5-8-16(14)3/h12-15H,4-11H2,1-3H3. The molecule has 0 amide bonds. The van der Waals surface area contributed by atoms with Gasteiger partial charge in [0.2, 0.25) is 0 Å². The Balaban J connectivity index is 1.76. The predicted molar refractivity (Wildman–Crippen MR) is 73.4 cm³/mol. The first-order chi connectivity index (χ1) is 8.16. The molecule has 0 bridgehead atoms. The maximum Gasteiger partial charge on any atom is 0.0193 e. The Morgan fingerprint density at radius 2 is 2.06 bits per heavy atom. The number of hydrogen-bond donors (Lipinski definition) is 1. The fourth-order valence-electron chi connectivity index (χ4n) is 3.23. The van der Waals surface area contributed by atoms with Gasteiger partial charge in [-0.2, -0.15) is 0 Å². The molecule has 0 radical (unpaired) electrons. The third-order valence-corrected chi connectivity index (χ3v) is 4.56. The van der Waals surface area contributed by atoms with Gasteiger partial charge in [0.25, 0.3) is 0 Å². The van der Waals surface area contributed by atoms with E-state index in [4.69, 9.17) is 0 Å². The van der Waals surface area contributed by atoms with E-state index in [-0.39, 0.29) is 0 Å². The van der Waals surface area contributed by atoms with Crippen molar-refractivity contribution >= 4 is 0 Å². The summed E-state index contributed by atoms with van der Waals surface area (Å²) >= 11 is 0. The number of nitrogens with one attached hydrogen (secondary N) is 1. The van der Waals surface area contributed by atoms with Crippen molar-refractivity contribution in [2.75, 3.05) is 33.2 Å². The second-order valence-electron chi connectivity index (χ2n) is 6.07. The third kappa shape index (κ3) is 3.67. The van der Waals surface area contributed by atoms with Crippen LogP contribution in [0.2, 0.25) is 0 Å². The van der Waals surface area contributed by atoms with Crippen molar-refractivity contribution in [2.45, 2.75) is 57.7 Å². The SMILES string of the molecule is CC1CN(CCC2CCCCN2C)C(C)CN1. The van der Waals surface area contributed by atoms with E-state index in [0.29, 0.717) is 12.1 Å². The number of piperazine rings is 1. The molecule has 2 fully saturated rings. The van der Waals surface area contributed by atoms with E-state index < -0.39 is 0 Å². The van der Waals surface area contributed by atoms with Gasteiger partial charge in [0, 0.05) is 37.8 Å². The van der Waals surface area contributed by atoms with Crippen molar-refractivity contribution < 1.29 is 0 Å². The molecule has 0 saturated carbocycles. The average Bonchev–Trinajstić information content (AvgIpc) is 2.32. The zero-order chi connectivity index (χ0) is 12.3. The van der Waals surface area contributed by atoms with Crippen LogP contribution in [0.4, 0.5) is 0 Å². The van der Waals surface area contributed by atoms with E-state index >= 15 is 0 Å². The Morgan fingerprint density at radius 1 is 1.24 bits per heavy atom. The van der Waals surface area contributed by atoms with Crippen molar-refractivity contribution in [3.05, 3.63) is 0 Å². The minimum Gasteiger partial charge on any atom is -0.311 e. The molecular weight excluding hydrogens is 210 g/mol. The smallest absolute Gasteiger partial charge is 0.0193 e. The Kier molecular flexibility index (Phi) is 4.83. The van der Waals surface area contributed by atoms with Gasteiger partial charge in [-0.3, -0.25) is 4.90 Å². The maximum absolute atomic E-state index is 3.56. The lowest BCUT2D eigenvalue weighted by molar-refractivity contribution is 0.112. The van der Waals surface area contributed by atoms with Crippen LogP contribution < -0.4 is 5.32 Å². The minimum atomic E-state index is 0.662. The van der Waals surface area contributed by atoms with E-state index in [0.717, 1.165) is 12.6 Å². The van der Waals surface area contributed by atoms with E-state index in [9.17, 15) is 0 Å². The van der Waals surface area contributed by atoms with Crippen LogP contribution in [0.3, 0.4) is 0 Å². The highest BCUT2D eigenvalue weighted by Crippen LogP contribution is 2.19. The summed E-state index contributed by atoms with van der Waals surface area (Å²) in [7, 11) is 2.30. The topological polar surface area (TPSA) is 18.5 Å². The first-order valence-electron chi connectivity index (χ1n) is 7.34. The fraction of sp³-hybridized carbons (Fsp3) is 1.00. The zero-order valence-electron chi connectivity index (χ0n) is 11.8. The molecule has 17 heavy (non-hydrogen) atoms. The molecule has 2 rings (SSSR count). The summed E-state index contributed by atoms with van der Waals surface area (Å²) in [5.74, 6) is 0. The van der Waals surface area contributed by atoms with Crippen LogP contribution in [0.15, 0.2) is 0 Å². The minimum absolute atomic E-state index is 0.662. The molecule has 100 valence electrons. The van der Waals surface area contributed by atoms with E-state index in [1.807, 2.05) is 0 Å². The molecule has 0 aromatic heterocycles. The molecule has 2 saturated heterocycles. The Bertz CT molecular complexity index is 232. The summed E-state index contributed by atoms with van der Waals surface area (Å²) < 4.78 is 0. The van der Waals surface area contributed by atoms with Crippen molar-refractivity contribution in [2.24, 2.45) is 0 Å². The van der Waals surface area contributed by atoms with Crippen molar-refractivity contribution in [3.63, 3.8) is 0 Å². The second-order valence-corrected chi connectivity index (χ2v) is 6.07. The number of likely N-dealkylation sites (tertiary alicyclic amines) is 1. The summed E-state index contributed by atoms with van der Waals surface area (Å²) in [6.45, 7) is 9.61. The quantitative estimate of drug-likeness (QED) is 0.806. The monoisotopic (exact) mass is 239 g/mol. The third-order valence-electron chi connectivity index (χ3n) is 4.56. The molecular formula is C14H29N3. The molecule has 3 heteroatoms. The van der Waals surface area contributed by atoms with Crippen LogP contribution in [0, 0.1) is 0 Å². The van der Waals surface area contributed by atoms with Gasteiger partial charge in [-0.25, -0.2) is 0 Å². The largest absolute Gasteiger partial charge is 0.311 e. The Labute approximate surface area is 107 Å². The summed E-state index contributed by atoms with van der Waals surface area (Å²) in [6, 6.07) is 2.21. The molecule has 3 nitrogen and oxygen atoms in total. The van der Waals surface area contributed by atoms with E-state index in [2.05, 4.69) is 36.0 Å². The molecule has 2 aliphatic heterocycles. The number of hydrogen-bond acceptors (Lipinski definition) is 3. The van der Waals surface area contributed by atoms with Crippen LogP contribution in [-0.4, -0.2) is 61.2 Å². The lowest BCUT2D eigenvalue weighted by Crippen LogP contribution is -2.55. The first-order valence-corrected chi connectivity index (χ1v) is 7.34. The molecule has 2 aliphatic rings. The lowest BCUT2D eigenvalue weighted by Gasteiger charge is -2.40. The zero-order valence-corrected chi connectivity index (χ0v) is 11.8. The Morgan fingerprint density at radius 3 is 2.82 bits per heavy atom. The van der Waals surface area contributed by atoms with Gasteiger partial charge in [0.05, 0.1) is 0 Å². The molecule has 3 unspecified atom stereocenters. The van der Waals surface area contributed by atoms with E-state index in [1.165, 1.54) is 45.3 Å². The maximum atomic E-state index is 3.56. The molecule has 2 heterocycles. The second kappa shape index (κ2) is 6.17. The summed E-state index contributed by atoms with van der Waals surface area (Å²) in [5, 5.41) is 3.56. The molecule has 0 aromatic carbocycles. The normalized spacial score (nSPS) is 37.2. The molecule has 3 atom stereocenters. The summed E-state index contributed by atoms with van der Waals surface area (Å²) in [4.78, 5) is 5.24. The lowest BCUT2D eigenvalue weighted by atomic mass is 9.99. The highest BCUT2D eigenvalue weighted by Gasteiger charge is 2.24. The van der Waals surface area contributed by atoms with Gasteiger partial charge in [-0.1, -0.05) is 6.42 Å². The van der Waals surface area contributed by atoms with Crippen LogP contribution in [-0.2, 0) is 0 Å².